The number of allylic oxidation sites excluding steroid dienone is 3. The maximum Gasteiger partial charge on any atom is 0.297 e. The third-order valence-corrected chi connectivity index (χ3v) is 5.56. The minimum absolute atomic E-state index is 0.0603. The van der Waals surface area contributed by atoms with Gasteiger partial charge in [0.25, 0.3) is 11.2 Å². The van der Waals surface area contributed by atoms with Gasteiger partial charge in [0.15, 0.2) is 5.75 Å². The molecule has 0 unspecified atom stereocenters. The molecule has 0 fully saturated rings. The van der Waals surface area contributed by atoms with Crippen molar-refractivity contribution in [2.24, 2.45) is 0 Å². The summed E-state index contributed by atoms with van der Waals surface area (Å²) in [6, 6.07) is 4.49. The van der Waals surface area contributed by atoms with Gasteiger partial charge < -0.3 is 14.0 Å². The van der Waals surface area contributed by atoms with E-state index in [0.29, 0.717) is 23.2 Å². The van der Waals surface area contributed by atoms with E-state index in [4.69, 9.17) is 9.47 Å². The van der Waals surface area contributed by atoms with Crippen molar-refractivity contribution in [1.29, 1.82) is 0 Å². The van der Waals surface area contributed by atoms with Crippen molar-refractivity contribution in [3.05, 3.63) is 62.0 Å². The molecule has 0 saturated carbocycles. The second-order valence-electron chi connectivity index (χ2n) is 8.52. The van der Waals surface area contributed by atoms with Crippen molar-refractivity contribution >= 4 is 16.6 Å². The number of methoxy groups -OCH3 is 1. The molecular formula is C26H36N2O5. The van der Waals surface area contributed by atoms with Gasteiger partial charge in [0, 0.05) is 24.1 Å². The van der Waals surface area contributed by atoms with E-state index >= 15 is 0 Å². The zero-order valence-corrected chi connectivity index (χ0v) is 20.5. The number of nitro benzene ring substituents is 1. The first-order valence-corrected chi connectivity index (χ1v) is 11.6. The summed E-state index contributed by atoms with van der Waals surface area (Å²) in [5, 5.41) is 12.0. The Bertz CT molecular complexity index is 1080. The number of hydrogen-bond donors (Lipinski definition) is 0. The van der Waals surface area contributed by atoms with E-state index in [1.807, 2.05) is 13.0 Å². The SMILES string of the molecule is CCCCCCn1c(=O)c(OCC=C(C)CCC=C(C)C)c(OC)c2ccc([N+](=O)[O-])cc21. The summed E-state index contributed by atoms with van der Waals surface area (Å²) in [7, 11) is 1.48. The minimum Gasteiger partial charge on any atom is -0.492 e. The maximum atomic E-state index is 13.4. The number of hydrogen-bond acceptors (Lipinski definition) is 5. The molecule has 2 aromatic rings. The number of non-ortho nitro benzene ring substituents is 1. The van der Waals surface area contributed by atoms with Gasteiger partial charge in [0.2, 0.25) is 5.75 Å². The summed E-state index contributed by atoms with van der Waals surface area (Å²) in [6.45, 7) is 9.05. The lowest BCUT2D eigenvalue weighted by atomic mass is 10.1. The molecule has 0 amide bonds. The highest BCUT2D eigenvalue weighted by atomic mass is 16.6. The molecule has 0 aliphatic heterocycles. The van der Waals surface area contributed by atoms with E-state index in [-0.39, 0.29) is 23.6 Å². The Balaban J connectivity index is 2.42. The first kappa shape index (κ1) is 26.2. The van der Waals surface area contributed by atoms with Gasteiger partial charge in [-0.25, -0.2) is 0 Å². The summed E-state index contributed by atoms with van der Waals surface area (Å²) in [6.07, 6.45) is 10.0. The number of benzene rings is 1. The lowest BCUT2D eigenvalue weighted by molar-refractivity contribution is -0.384. The van der Waals surface area contributed by atoms with Crippen LogP contribution in [0.25, 0.3) is 10.9 Å². The molecule has 180 valence electrons. The summed E-state index contributed by atoms with van der Waals surface area (Å²) in [5.41, 5.74) is 2.58. The molecule has 7 nitrogen and oxygen atoms in total. The van der Waals surface area contributed by atoms with Gasteiger partial charge in [0.1, 0.15) is 6.61 Å². The van der Waals surface area contributed by atoms with Gasteiger partial charge in [-0.2, -0.15) is 0 Å². The van der Waals surface area contributed by atoms with Crippen LogP contribution in [0, 0.1) is 10.1 Å². The number of pyridine rings is 1. The fraction of sp³-hybridized carbons (Fsp3) is 0.500. The minimum atomic E-state index is -0.453. The molecule has 1 aromatic heterocycles. The van der Waals surface area contributed by atoms with Crippen LogP contribution in [0.4, 0.5) is 5.69 Å². The molecule has 7 heteroatoms. The van der Waals surface area contributed by atoms with Gasteiger partial charge in [-0.1, -0.05) is 43.4 Å². The molecule has 0 aliphatic rings. The number of rotatable bonds is 13. The van der Waals surface area contributed by atoms with Crippen LogP contribution < -0.4 is 15.0 Å². The van der Waals surface area contributed by atoms with Gasteiger partial charge in [-0.15, -0.1) is 0 Å². The zero-order chi connectivity index (χ0) is 24.4. The number of ether oxygens (including phenoxy) is 2. The van der Waals surface area contributed by atoms with Crippen LogP contribution in [0.5, 0.6) is 11.5 Å². The van der Waals surface area contributed by atoms with Crippen LogP contribution >= 0.6 is 0 Å². The van der Waals surface area contributed by atoms with Gasteiger partial charge in [0.05, 0.1) is 17.5 Å². The number of nitrogens with zero attached hydrogens (tertiary/aromatic N) is 2. The Morgan fingerprint density at radius 1 is 1.12 bits per heavy atom. The third-order valence-electron chi connectivity index (χ3n) is 5.56. The Morgan fingerprint density at radius 2 is 1.88 bits per heavy atom. The molecule has 1 aromatic carbocycles. The van der Waals surface area contributed by atoms with Crippen molar-refractivity contribution in [2.75, 3.05) is 13.7 Å². The summed E-state index contributed by atoms with van der Waals surface area (Å²) in [4.78, 5) is 24.3. The van der Waals surface area contributed by atoms with Crippen LogP contribution in [-0.4, -0.2) is 23.2 Å². The molecule has 0 atom stereocenters. The van der Waals surface area contributed by atoms with E-state index < -0.39 is 4.92 Å². The van der Waals surface area contributed by atoms with Crippen molar-refractivity contribution < 1.29 is 14.4 Å². The Morgan fingerprint density at radius 3 is 2.52 bits per heavy atom. The van der Waals surface area contributed by atoms with Crippen molar-refractivity contribution in [1.82, 2.24) is 4.57 Å². The van der Waals surface area contributed by atoms with Crippen molar-refractivity contribution in [3.8, 4) is 11.5 Å². The van der Waals surface area contributed by atoms with Gasteiger partial charge in [-0.05, 0) is 52.2 Å². The average Bonchev–Trinajstić information content (AvgIpc) is 2.77. The number of aromatic nitrogens is 1. The summed E-state index contributed by atoms with van der Waals surface area (Å²) >= 11 is 0. The van der Waals surface area contributed by atoms with Crippen molar-refractivity contribution in [2.45, 2.75) is 72.8 Å². The number of aryl methyl sites for hydroxylation is 1. The zero-order valence-electron chi connectivity index (χ0n) is 20.5. The van der Waals surface area contributed by atoms with E-state index in [1.165, 1.54) is 30.4 Å². The van der Waals surface area contributed by atoms with Crippen LogP contribution in [0.2, 0.25) is 0 Å². The van der Waals surface area contributed by atoms with Crippen molar-refractivity contribution in [3.63, 3.8) is 0 Å². The maximum absolute atomic E-state index is 13.4. The third kappa shape index (κ3) is 7.20. The summed E-state index contributed by atoms with van der Waals surface area (Å²) < 4.78 is 13.1. The Labute approximate surface area is 195 Å². The Hall–Kier alpha value is -3.09. The normalized spacial score (nSPS) is 11.5. The molecular weight excluding hydrogens is 420 g/mol. The highest BCUT2D eigenvalue weighted by molar-refractivity contribution is 5.89. The van der Waals surface area contributed by atoms with E-state index in [1.54, 1.807) is 10.6 Å². The summed E-state index contributed by atoms with van der Waals surface area (Å²) in [5.74, 6) is 0.452. The molecule has 1 heterocycles. The topological polar surface area (TPSA) is 83.6 Å². The number of nitro groups is 1. The van der Waals surface area contributed by atoms with Crippen LogP contribution in [-0.2, 0) is 6.54 Å². The molecule has 0 radical (unpaired) electrons. The second-order valence-corrected chi connectivity index (χ2v) is 8.52. The smallest absolute Gasteiger partial charge is 0.297 e. The highest BCUT2D eigenvalue weighted by Crippen LogP contribution is 2.34. The average molecular weight is 457 g/mol. The van der Waals surface area contributed by atoms with E-state index in [9.17, 15) is 14.9 Å². The molecule has 0 N–H and O–H groups in total. The molecule has 0 aliphatic carbocycles. The highest BCUT2D eigenvalue weighted by Gasteiger charge is 2.21. The van der Waals surface area contributed by atoms with Crippen LogP contribution in [0.1, 0.15) is 66.2 Å². The van der Waals surface area contributed by atoms with Gasteiger partial charge in [-0.3, -0.25) is 14.9 Å². The Kier molecular flexibility index (Phi) is 10.2. The molecule has 33 heavy (non-hydrogen) atoms. The number of unbranched alkanes of at least 4 members (excludes halogenated alkanes) is 3. The monoisotopic (exact) mass is 456 g/mol. The molecule has 0 spiro atoms. The van der Waals surface area contributed by atoms with E-state index in [0.717, 1.165) is 38.5 Å². The van der Waals surface area contributed by atoms with E-state index in [2.05, 4.69) is 26.8 Å². The van der Waals surface area contributed by atoms with Crippen LogP contribution in [0.3, 0.4) is 0 Å². The lowest BCUT2D eigenvalue weighted by Gasteiger charge is -2.17. The molecule has 0 saturated heterocycles. The molecule has 0 bridgehead atoms. The first-order valence-electron chi connectivity index (χ1n) is 11.6. The fourth-order valence-electron chi connectivity index (χ4n) is 3.71. The standard InChI is InChI=1S/C26H36N2O5/c1-6-7-8-9-16-27-23-18-21(28(30)31)13-14-22(23)24(32-5)25(26(27)29)33-17-15-20(4)12-10-11-19(2)3/h11,13-15,18H,6-10,12,16-17H2,1-5H3. The predicted molar refractivity (Wildman–Crippen MR) is 133 cm³/mol. The first-order chi connectivity index (χ1) is 15.8. The van der Waals surface area contributed by atoms with Gasteiger partial charge >= 0.3 is 0 Å². The molecule has 2 rings (SSSR count). The lowest BCUT2D eigenvalue weighted by Crippen LogP contribution is -2.24. The quantitative estimate of drug-likeness (QED) is 0.147. The van der Waals surface area contributed by atoms with Crippen LogP contribution in [0.15, 0.2) is 46.3 Å². The predicted octanol–water partition coefficient (Wildman–Crippen LogP) is 6.57. The second kappa shape index (κ2) is 12.8. The fourth-order valence-corrected chi connectivity index (χ4v) is 3.71. The largest absolute Gasteiger partial charge is 0.492 e. The number of fused-ring (bicyclic) bond motifs is 1.